The summed E-state index contributed by atoms with van der Waals surface area (Å²) in [5.74, 6) is -0.179. The average molecular weight is 568 g/mol. The molecule has 1 fully saturated rings. The van der Waals surface area contributed by atoms with E-state index < -0.39 is 6.04 Å². The van der Waals surface area contributed by atoms with E-state index in [0.717, 1.165) is 46.8 Å². The van der Waals surface area contributed by atoms with Crippen LogP contribution in [-0.4, -0.2) is 28.8 Å². The maximum atomic E-state index is 13.8. The number of hydrogen-bond acceptors (Lipinski definition) is 2. The first-order valence-corrected chi connectivity index (χ1v) is 13.8. The Balaban J connectivity index is 1.65. The molecule has 0 radical (unpaired) electrons. The molecule has 1 saturated carbocycles. The van der Waals surface area contributed by atoms with Gasteiger partial charge >= 0.3 is 0 Å². The minimum absolute atomic E-state index is 0.0812. The first-order chi connectivity index (χ1) is 17.5. The highest BCUT2D eigenvalue weighted by Gasteiger charge is 2.32. The van der Waals surface area contributed by atoms with E-state index in [4.69, 9.17) is 11.6 Å². The smallest absolute Gasteiger partial charge is 0.243 e. The van der Waals surface area contributed by atoms with Crippen LogP contribution in [0.3, 0.4) is 0 Å². The Morgan fingerprint density at radius 3 is 2.28 bits per heavy atom. The number of halogens is 2. The highest BCUT2D eigenvalue weighted by molar-refractivity contribution is 9.10. The second-order valence-electron chi connectivity index (χ2n) is 9.50. The molecule has 4 nitrogen and oxygen atoms in total. The van der Waals surface area contributed by atoms with Crippen LogP contribution in [0.2, 0.25) is 5.02 Å². The minimum Gasteiger partial charge on any atom is -0.352 e. The Hall–Kier alpha value is -2.63. The van der Waals surface area contributed by atoms with Gasteiger partial charge in [0, 0.05) is 28.5 Å². The molecule has 1 aliphatic carbocycles. The van der Waals surface area contributed by atoms with Crippen LogP contribution in [0.15, 0.2) is 83.3 Å². The second kappa shape index (κ2) is 13.1. The van der Waals surface area contributed by atoms with Crippen molar-refractivity contribution in [2.24, 2.45) is 0 Å². The molecule has 4 rings (SSSR count). The van der Waals surface area contributed by atoms with E-state index in [1.807, 2.05) is 72.8 Å². The van der Waals surface area contributed by atoms with Crippen molar-refractivity contribution in [1.82, 2.24) is 10.2 Å². The van der Waals surface area contributed by atoms with Crippen molar-refractivity contribution in [3.05, 3.63) is 105 Å². The fourth-order valence-electron chi connectivity index (χ4n) is 4.81. The molecule has 6 heteroatoms. The monoisotopic (exact) mass is 566 g/mol. The van der Waals surface area contributed by atoms with Gasteiger partial charge in [0.15, 0.2) is 0 Å². The second-order valence-corrected chi connectivity index (χ2v) is 10.9. The molecule has 0 bridgehead atoms. The first-order valence-electron chi connectivity index (χ1n) is 12.6. The molecule has 0 aliphatic heterocycles. The normalized spacial score (nSPS) is 14.7. The Morgan fingerprint density at radius 2 is 1.58 bits per heavy atom. The lowest BCUT2D eigenvalue weighted by atomic mass is 9.94. The van der Waals surface area contributed by atoms with Crippen LogP contribution < -0.4 is 5.32 Å². The molecule has 0 saturated heterocycles. The lowest BCUT2D eigenvalue weighted by Gasteiger charge is -2.33. The first kappa shape index (κ1) is 26.4. The van der Waals surface area contributed by atoms with Gasteiger partial charge in [-0.3, -0.25) is 9.59 Å². The number of carbonyl (C=O) groups excluding carboxylic acids is 2. The highest BCUT2D eigenvalue weighted by Crippen LogP contribution is 2.21. The highest BCUT2D eigenvalue weighted by atomic mass is 79.9. The molecular formula is C30H32BrClN2O2. The fourth-order valence-corrected chi connectivity index (χ4v) is 5.29. The van der Waals surface area contributed by atoms with E-state index in [-0.39, 0.29) is 24.3 Å². The summed E-state index contributed by atoms with van der Waals surface area (Å²) in [6.07, 6.45) is 6.10. The third kappa shape index (κ3) is 7.68. The van der Waals surface area contributed by atoms with Crippen LogP contribution in [0.4, 0.5) is 0 Å². The predicted molar refractivity (Wildman–Crippen MR) is 149 cm³/mol. The zero-order valence-electron chi connectivity index (χ0n) is 20.3. The number of amides is 2. The van der Waals surface area contributed by atoms with Crippen molar-refractivity contribution >= 4 is 39.3 Å². The molecule has 0 spiro atoms. The molecule has 1 aliphatic rings. The number of hydrogen-bond donors (Lipinski definition) is 1. The summed E-state index contributed by atoms with van der Waals surface area (Å²) in [7, 11) is 0. The summed E-state index contributed by atoms with van der Waals surface area (Å²) in [5, 5.41) is 3.87. The molecule has 188 valence electrons. The number of rotatable bonds is 9. The van der Waals surface area contributed by atoms with Crippen LogP contribution in [0.1, 0.15) is 48.8 Å². The van der Waals surface area contributed by atoms with Gasteiger partial charge in [0.2, 0.25) is 11.8 Å². The van der Waals surface area contributed by atoms with Gasteiger partial charge in [-0.2, -0.15) is 0 Å². The summed E-state index contributed by atoms with van der Waals surface area (Å²) in [5.41, 5.74) is 2.83. The Morgan fingerprint density at radius 1 is 0.889 bits per heavy atom. The van der Waals surface area contributed by atoms with Gasteiger partial charge in [-0.25, -0.2) is 0 Å². The van der Waals surface area contributed by atoms with Crippen molar-refractivity contribution in [2.75, 3.05) is 0 Å². The minimum atomic E-state index is -0.621. The number of carbonyl (C=O) groups is 2. The summed E-state index contributed by atoms with van der Waals surface area (Å²) in [4.78, 5) is 29.3. The molecule has 36 heavy (non-hydrogen) atoms. The lowest BCUT2D eigenvalue weighted by Crippen LogP contribution is -2.53. The summed E-state index contributed by atoms with van der Waals surface area (Å²) >= 11 is 9.67. The van der Waals surface area contributed by atoms with Gasteiger partial charge in [0.05, 0.1) is 6.42 Å². The summed E-state index contributed by atoms with van der Waals surface area (Å²) in [6, 6.07) is 24.7. The van der Waals surface area contributed by atoms with Crippen LogP contribution in [0.5, 0.6) is 0 Å². The van der Waals surface area contributed by atoms with Gasteiger partial charge in [-0.1, -0.05) is 101 Å². The summed E-state index contributed by atoms with van der Waals surface area (Å²) in [6.45, 7) is 0.349. The molecule has 3 aromatic carbocycles. The molecule has 0 unspecified atom stereocenters. The maximum Gasteiger partial charge on any atom is 0.243 e. The van der Waals surface area contributed by atoms with E-state index in [9.17, 15) is 9.59 Å². The van der Waals surface area contributed by atoms with Gasteiger partial charge in [0.1, 0.15) is 6.04 Å². The van der Waals surface area contributed by atoms with Crippen LogP contribution in [0, 0.1) is 0 Å². The van der Waals surface area contributed by atoms with E-state index in [1.54, 1.807) is 11.0 Å². The average Bonchev–Trinajstić information content (AvgIpc) is 2.88. The van der Waals surface area contributed by atoms with E-state index >= 15 is 0 Å². The molecule has 3 aromatic rings. The fraction of sp³-hybridized carbons (Fsp3) is 0.333. The predicted octanol–water partition coefficient (Wildman–Crippen LogP) is 6.73. The van der Waals surface area contributed by atoms with Crippen molar-refractivity contribution in [3.8, 4) is 0 Å². The van der Waals surface area contributed by atoms with E-state index in [0.29, 0.717) is 18.0 Å². The SMILES string of the molecule is O=C(NC1CCCCC1)[C@H](Cc1ccccc1)N(Cc1ccc(Br)cc1)C(=O)Cc1cccc(Cl)c1. The van der Waals surface area contributed by atoms with Gasteiger partial charge in [0.25, 0.3) is 0 Å². The quantitative estimate of drug-likeness (QED) is 0.312. The van der Waals surface area contributed by atoms with Crippen molar-refractivity contribution < 1.29 is 9.59 Å². The third-order valence-electron chi connectivity index (χ3n) is 6.73. The van der Waals surface area contributed by atoms with E-state index in [1.165, 1.54) is 6.42 Å². The Kier molecular flexibility index (Phi) is 9.60. The zero-order valence-corrected chi connectivity index (χ0v) is 22.7. The Labute approximate surface area is 227 Å². The van der Waals surface area contributed by atoms with E-state index in [2.05, 4.69) is 21.2 Å². The number of benzene rings is 3. The standard InChI is InChI=1S/C30H32BrClN2O2/c31-25-16-14-23(15-17-25)21-34(29(35)20-24-10-7-11-26(32)18-24)28(19-22-8-3-1-4-9-22)30(36)33-27-12-5-2-6-13-27/h1,3-4,7-11,14-18,27-28H,2,5-6,12-13,19-21H2,(H,33,36)/t28-/m0/s1. The van der Waals surface area contributed by atoms with Crippen molar-refractivity contribution in [1.29, 1.82) is 0 Å². The maximum absolute atomic E-state index is 13.8. The van der Waals surface area contributed by atoms with Gasteiger partial charge < -0.3 is 10.2 Å². The topological polar surface area (TPSA) is 49.4 Å². The molecular weight excluding hydrogens is 536 g/mol. The molecule has 2 amide bonds. The van der Waals surface area contributed by atoms with Crippen LogP contribution in [0.25, 0.3) is 0 Å². The molecule has 1 atom stereocenters. The lowest BCUT2D eigenvalue weighted by molar-refractivity contribution is -0.141. The van der Waals surface area contributed by atoms with Crippen LogP contribution in [-0.2, 0) is 29.0 Å². The largest absolute Gasteiger partial charge is 0.352 e. The summed E-state index contributed by atoms with van der Waals surface area (Å²) < 4.78 is 0.971. The molecule has 1 N–H and O–H groups in total. The van der Waals surface area contributed by atoms with Crippen LogP contribution >= 0.6 is 27.5 Å². The number of nitrogens with zero attached hydrogens (tertiary/aromatic N) is 1. The van der Waals surface area contributed by atoms with Crippen molar-refractivity contribution in [3.63, 3.8) is 0 Å². The van der Waals surface area contributed by atoms with Gasteiger partial charge in [-0.05, 0) is 53.8 Å². The molecule has 0 heterocycles. The number of nitrogens with one attached hydrogen (secondary N) is 1. The zero-order chi connectivity index (χ0) is 25.3. The van der Waals surface area contributed by atoms with Gasteiger partial charge in [-0.15, -0.1) is 0 Å². The third-order valence-corrected chi connectivity index (χ3v) is 7.50. The Bertz CT molecular complexity index is 1150. The molecule has 0 aromatic heterocycles. The van der Waals surface area contributed by atoms with Crippen molar-refractivity contribution in [2.45, 2.75) is 63.6 Å².